The number of aliphatic hydroxyl groups excluding tert-OH is 1. The summed E-state index contributed by atoms with van der Waals surface area (Å²) in [7, 11) is 0. The molecule has 0 aliphatic heterocycles. The molecule has 132 valence electrons. The standard InChI is InChI=1S/C21H21N3O2/c25-20(14-2-1-3-15(10-14)21(26)23-16-6-7-16)19-18(13-4-5-13)9-8-17-11-22-12-24(17)19/h1-3,8-13,16,20,25H,4-7H2,(H,23,26). The highest BCUT2D eigenvalue weighted by molar-refractivity contribution is 5.94. The lowest BCUT2D eigenvalue weighted by molar-refractivity contribution is 0.0951. The van der Waals surface area contributed by atoms with Crippen molar-refractivity contribution in [3.8, 4) is 0 Å². The number of carbonyl (C=O) groups excluding carboxylic acids is 1. The highest BCUT2D eigenvalue weighted by Gasteiger charge is 2.30. The molecule has 2 aromatic heterocycles. The lowest BCUT2D eigenvalue weighted by Gasteiger charge is -2.19. The largest absolute Gasteiger partial charge is 0.382 e. The molecule has 2 heterocycles. The fourth-order valence-corrected chi connectivity index (χ4v) is 3.56. The van der Waals surface area contributed by atoms with Gasteiger partial charge < -0.3 is 10.4 Å². The summed E-state index contributed by atoms with van der Waals surface area (Å²) in [6.45, 7) is 0. The fourth-order valence-electron chi connectivity index (χ4n) is 3.56. The quantitative estimate of drug-likeness (QED) is 0.745. The highest BCUT2D eigenvalue weighted by atomic mass is 16.3. The number of aromatic nitrogens is 2. The molecule has 1 aromatic carbocycles. The van der Waals surface area contributed by atoms with Gasteiger partial charge in [-0.15, -0.1) is 0 Å². The van der Waals surface area contributed by atoms with Gasteiger partial charge in [-0.2, -0.15) is 0 Å². The number of fused-ring (bicyclic) bond motifs is 1. The second kappa shape index (κ2) is 5.95. The van der Waals surface area contributed by atoms with Gasteiger partial charge in [-0.3, -0.25) is 9.20 Å². The zero-order chi connectivity index (χ0) is 17.7. The number of imidazole rings is 1. The monoisotopic (exact) mass is 347 g/mol. The summed E-state index contributed by atoms with van der Waals surface area (Å²) in [5, 5.41) is 14.2. The Balaban J connectivity index is 1.54. The van der Waals surface area contributed by atoms with Gasteiger partial charge >= 0.3 is 0 Å². The third kappa shape index (κ3) is 2.78. The van der Waals surface area contributed by atoms with Gasteiger partial charge in [0.1, 0.15) is 6.10 Å². The van der Waals surface area contributed by atoms with Crippen LogP contribution in [0.1, 0.15) is 64.9 Å². The van der Waals surface area contributed by atoms with Crippen molar-refractivity contribution in [2.24, 2.45) is 0 Å². The normalized spacial score (nSPS) is 18.0. The minimum atomic E-state index is -0.794. The molecule has 5 nitrogen and oxygen atoms in total. The van der Waals surface area contributed by atoms with Crippen molar-refractivity contribution in [3.63, 3.8) is 0 Å². The SMILES string of the molecule is O=C(NC1CC1)c1cccc(C(O)c2c(C3CC3)ccc3cncn23)c1. The average molecular weight is 347 g/mol. The molecular weight excluding hydrogens is 326 g/mol. The minimum absolute atomic E-state index is 0.0650. The van der Waals surface area contributed by atoms with Crippen LogP contribution in [-0.4, -0.2) is 26.4 Å². The Bertz CT molecular complexity index is 986. The summed E-state index contributed by atoms with van der Waals surface area (Å²) in [6.07, 6.45) is 7.18. The number of nitrogens with one attached hydrogen (secondary N) is 1. The van der Waals surface area contributed by atoms with Gasteiger partial charge in [0.2, 0.25) is 0 Å². The number of rotatable bonds is 5. The van der Waals surface area contributed by atoms with Gasteiger partial charge in [-0.25, -0.2) is 4.98 Å². The Morgan fingerprint density at radius 2 is 2.04 bits per heavy atom. The molecule has 0 spiro atoms. The van der Waals surface area contributed by atoms with Crippen LogP contribution in [0.2, 0.25) is 0 Å². The first-order valence-corrected chi connectivity index (χ1v) is 9.24. The summed E-state index contributed by atoms with van der Waals surface area (Å²) in [4.78, 5) is 16.6. The number of hydrogen-bond acceptors (Lipinski definition) is 3. The number of aliphatic hydroxyl groups is 1. The summed E-state index contributed by atoms with van der Waals surface area (Å²) >= 11 is 0. The lowest BCUT2D eigenvalue weighted by Crippen LogP contribution is -2.25. The van der Waals surface area contributed by atoms with Crippen LogP contribution in [-0.2, 0) is 0 Å². The Morgan fingerprint density at radius 1 is 1.19 bits per heavy atom. The molecule has 1 atom stereocenters. The third-order valence-electron chi connectivity index (χ3n) is 5.31. The van der Waals surface area contributed by atoms with Crippen molar-refractivity contribution < 1.29 is 9.90 Å². The first-order valence-electron chi connectivity index (χ1n) is 9.24. The molecule has 5 heteroatoms. The number of carbonyl (C=O) groups is 1. The van der Waals surface area contributed by atoms with Gasteiger partial charge in [0.25, 0.3) is 5.91 Å². The Kier molecular flexibility index (Phi) is 3.57. The van der Waals surface area contributed by atoms with E-state index in [9.17, 15) is 9.90 Å². The molecule has 2 saturated carbocycles. The fraction of sp³-hybridized carbons (Fsp3) is 0.333. The van der Waals surface area contributed by atoms with Crippen LogP contribution >= 0.6 is 0 Å². The Labute approximate surface area is 151 Å². The number of amides is 1. The van der Waals surface area contributed by atoms with Crippen LogP contribution in [0.25, 0.3) is 5.52 Å². The van der Waals surface area contributed by atoms with E-state index in [1.807, 2.05) is 16.5 Å². The highest BCUT2D eigenvalue weighted by Crippen LogP contribution is 2.44. The number of nitrogens with zero attached hydrogens (tertiary/aromatic N) is 2. The van der Waals surface area contributed by atoms with Crippen LogP contribution < -0.4 is 5.32 Å². The van der Waals surface area contributed by atoms with Gasteiger partial charge in [-0.1, -0.05) is 18.2 Å². The van der Waals surface area contributed by atoms with Crippen LogP contribution in [0.5, 0.6) is 0 Å². The van der Waals surface area contributed by atoms with Crippen molar-refractivity contribution in [2.45, 2.75) is 43.7 Å². The second-order valence-electron chi connectivity index (χ2n) is 7.41. The molecule has 2 aliphatic rings. The third-order valence-corrected chi connectivity index (χ3v) is 5.31. The predicted molar refractivity (Wildman–Crippen MR) is 98.2 cm³/mol. The van der Waals surface area contributed by atoms with Gasteiger partial charge in [0.05, 0.1) is 23.7 Å². The molecular formula is C21H21N3O2. The molecule has 2 N–H and O–H groups in total. The summed E-state index contributed by atoms with van der Waals surface area (Å²) < 4.78 is 1.97. The molecule has 0 saturated heterocycles. The first-order chi connectivity index (χ1) is 12.7. The average Bonchev–Trinajstić information content (AvgIpc) is 3.59. The zero-order valence-electron chi connectivity index (χ0n) is 14.4. The zero-order valence-corrected chi connectivity index (χ0v) is 14.4. The maximum absolute atomic E-state index is 12.4. The maximum atomic E-state index is 12.4. The molecule has 2 fully saturated rings. The summed E-state index contributed by atoms with van der Waals surface area (Å²) in [5.41, 5.74) is 4.33. The Hall–Kier alpha value is -2.66. The van der Waals surface area contributed by atoms with E-state index in [1.165, 1.54) is 5.56 Å². The van der Waals surface area contributed by atoms with E-state index in [4.69, 9.17) is 0 Å². The molecule has 3 aromatic rings. The van der Waals surface area contributed by atoms with Crippen molar-refractivity contribution in [2.75, 3.05) is 0 Å². The van der Waals surface area contributed by atoms with Crippen molar-refractivity contribution >= 4 is 11.4 Å². The van der Waals surface area contributed by atoms with E-state index >= 15 is 0 Å². The van der Waals surface area contributed by atoms with Crippen LogP contribution in [0.3, 0.4) is 0 Å². The maximum Gasteiger partial charge on any atom is 0.251 e. The molecule has 0 radical (unpaired) electrons. The molecule has 0 bridgehead atoms. The first kappa shape index (κ1) is 15.6. The molecule has 1 unspecified atom stereocenters. The van der Waals surface area contributed by atoms with E-state index in [1.54, 1.807) is 24.7 Å². The van der Waals surface area contributed by atoms with Gasteiger partial charge in [0, 0.05) is 11.6 Å². The summed E-state index contributed by atoms with van der Waals surface area (Å²) in [5.74, 6) is 0.442. The smallest absolute Gasteiger partial charge is 0.251 e. The lowest BCUT2D eigenvalue weighted by atomic mass is 9.97. The van der Waals surface area contributed by atoms with Crippen LogP contribution in [0.4, 0.5) is 0 Å². The van der Waals surface area contributed by atoms with E-state index in [0.29, 0.717) is 17.5 Å². The molecule has 2 aliphatic carbocycles. The number of pyridine rings is 1. The molecule has 1 amide bonds. The predicted octanol–water partition coefficient (Wildman–Crippen LogP) is 3.19. The molecule has 26 heavy (non-hydrogen) atoms. The topological polar surface area (TPSA) is 66.6 Å². The minimum Gasteiger partial charge on any atom is -0.382 e. The van der Waals surface area contributed by atoms with E-state index in [2.05, 4.69) is 22.4 Å². The van der Waals surface area contributed by atoms with Gasteiger partial charge in [-0.05, 0) is 60.9 Å². The van der Waals surface area contributed by atoms with Crippen LogP contribution in [0.15, 0.2) is 48.9 Å². The van der Waals surface area contributed by atoms with Crippen molar-refractivity contribution in [1.82, 2.24) is 14.7 Å². The van der Waals surface area contributed by atoms with Crippen molar-refractivity contribution in [1.29, 1.82) is 0 Å². The Morgan fingerprint density at radius 3 is 2.81 bits per heavy atom. The number of hydrogen-bond donors (Lipinski definition) is 2. The number of benzene rings is 1. The second-order valence-corrected chi connectivity index (χ2v) is 7.41. The van der Waals surface area contributed by atoms with E-state index < -0.39 is 6.10 Å². The summed E-state index contributed by atoms with van der Waals surface area (Å²) in [6, 6.07) is 11.8. The van der Waals surface area contributed by atoms with Crippen LogP contribution in [0, 0.1) is 0 Å². The van der Waals surface area contributed by atoms with E-state index in [0.717, 1.165) is 42.5 Å². The van der Waals surface area contributed by atoms with Gasteiger partial charge in [0.15, 0.2) is 0 Å². The van der Waals surface area contributed by atoms with E-state index in [-0.39, 0.29) is 5.91 Å². The molecule has 5 rings (SSSR count). The van der Waals surface area contributed by atoms with Crippen molar-refractivity contribution in [3.05, 3.63) is 71.3 Å².